The Balaban J connectivity index is 1.75. The van der Waals surface area contributed by atoms with Crippen molar-refractivity contribution in [3.05, 3.63) is 54.6 Å². The number of benzene rings is 1. The van der Waals surface area contributed by atoms with Gasteiger partial charge in [-0.2, -0.15) is 12.6 Å². The fraction of sp³-hybridized carbons (Fsp3) is 0.235. The van der Waals surface area contributed by atoms with Gasteiger partial charge in [0.1, 0.15) is 22.1 Å². The quantitative estimate of drug-likeness (QED) is 0.545. The van der Waals surface area contributed by atoms with Crippen molar-refractivity contribution in [3.63, 3.8) is 0 Å². The van der Waals surface area contributed by atoms with Crippen LogP contribution in [0.3, 0.4) is 0 Å². The summed E-state index contributed by atoms with van der Waals surface area (Å²) in [7, 11) is 1.64. The average Bonchev–Trinajstić information content (AvgIpc) is 3.28. The van der Waals surface area contributed by atoms with Gasteiger partial charge in [-0.25, -0.2) is 4.98 Å². The van der Waals surface area contributed by atoms with Crippen molar-refractivity contribution in [1.82, 2.24) is 9.97 Å². The van der Waals surface area contributed by atoms with Crippen molar-refractivity contribution >= 4 is 41.7 Å². The molecule has 0 saturated heterocycles. The molecule has 2 heterocycles. The molecule has 0 amide bonds. The number of H-pyrrole nitrogens is 1. The maximum Gasteiger partial charge on any atom is 0.131 e. The smallest absolute Gasteiger partial charge is 0.131 e. The molecule has 2 N–H and O–H groups in total. The van der Waals surface area contributed by atoms with E-state index in [1.807, 2.05) is 36.4 Å². The summed E-state index contributed by atoms with van der Waals surface area (Å²) in [4.78, 5) is 12.6. The molecule has 124 valence electrons. The number of allylic oxidation sites excluding steroid dienone is 1. The Hall–Kier alpha value is -2.12. The number of nitrogens with zero attached hydrogens (tertiary/aromatic N) is 2. The zero-order valence-electron chi connectivity index (χ0n) is 13.1. The van der Waals surface area contributed by atoms with E-state index in [-0.39, 0.29) is 5.25 Å². The van der Waals surface area contributed by atoms with Gasteiger partial charge in [-0.3, -0.25) is 4.99 Å². The number of nitrogens with one attached hydrogen (secondary N) is 2. The number of hydrogen-bond donors (Lipinski definition) is 3. The lowest BCUT2D eigenvalue weighted by atomic mass is 9.93. The van der Waals surface area contributed by atoms with Gasteiger partial charge < -0.3 is 15.0 Å². The minimum atomic E-state index is -0.617. The number of aromatic amines is 1. The predicted octanol–water partition coefficient (Wildman–Crippen LogP) is 3.60. The van der Waals surface area contributed by atoms with Crippen molar-refractivity contribution < 1.29 is 4.74 Å². The van der Waals surface area contributed by atoms with E-state index >= 15 is 0 Å². The first kappa shape index (κ1) is 16.7. The van der Waals surface area contributed by atoms with Crippen LogP contribution in [0.4, 0.5) is 5.69 Å². The normalized spacial score (nSPS) is 20.1. The van der Waals surface area contributed by atoms with Crippen molar-refractivity contribution in [2.24, 2.45) is 4.99 Å². The molecule has 3 rings (SSSR count). The number of imidazole rings is 1. The summed E-state index contributed by atoms with van der Waals surface area (Å²) in [5, 5.41) is 3.17. The van der Waals surface area contributed by atoms with Gasteiger partial charge in [-0.1, -0.05) is 12.2 Å². The standard InChI is InChI=1S/C17H18N4OS2/c1-22-13-5-3-12(4-6-13)21-16(24)17(7-2-8-20-17)11-14(23)15-18-9-10-19-15/h2-10,14,23H,11H2,1H3,(H,18,19)(H,21,24). The van der Waals surface area contributed by atoms with E-state index in [4.69, 9.17) is 17.0 Å². The van der Waals surface area contributed by atoms with Crippen LogP contribution in [-0.4, -0.2) is 33.8 Å². The molecule has 0 saturated carbocycles. The van der Waals surface area contributed by atoms with Crippen molar-refractivity contribution in [1.29, 1.82) is 0 Å². The Morgan fingerprint density at radius 2 is 2.21 bits per heavy atom. The highest BCUT2D eigenvalue weighted by Crippen LogP contribution is 2.34. The summed E-state index contributed by atoms with van der Waals surface area (Å²) >= 11 is 10.3. The lowest BCUT2D eigenvalue weighted by Gasteiger charge is -2.28. The van der Waals surface area contributed by atoms with Gasteiger partial charge in [-0.05, 0) is 36.4 Å². The molecular weight excluding hydrogens is 340 g/mol. The number of anilines is 1. The number of methoxy groups -OCH3 is 1. The van der Waals surface area contributed by atoms with Gasteiger partial charge in [0.15, 0.2) is 0 Å². The molecule has 2 atom stereocenters. The molecule has 0 spiro atoms. The van der Waals surface area contributed by atoms with E-state index in [1.54, 1.807) is 25.7 Å². The van der Waals surface area contributed by atoms with Gasteiger partial charge in [0, 0.05) is 30.7 Å². The Kier molecular flexibility index (Phi) is 5.01. The average molecular weight is 358 g/mol. The van der Waals surface area contributed by atoms with Crippen LogP contribution < -0.4 is 10.1 Å². The molecule has 1 aliphatic rings. The number of thiocarbonyl (C=S) groups is 1. The third kappa shape index (κ3) is 3.52. The summed E-state index contributed by atoms with van der Waals surface area (Å²) < 4.78 is 5.17. The number of ether oxygens (including phenoxy) is 1. The Morgan fingerprint density at radius 3 is 2.79 bits per heavy atom. The van der Waals surface area contributed by atoms with Crippen LogP contribution in [0.1, 0.15) is 17.5 Å². The summed E-state index contributed by atoms with van der Waals surface area (Å²) in [6.07, 6.45) is 9.78. The van der Waals surface area contributed by atoms with Crippen molar-refractivity contribution in [2.45, 2.75) is 17.2 Å². The van der Waals surface area contributed by atoms with Crippen LogP contribution in [0.15, 0.2) is 53.8 Å². The van der Waals surface area contributed by atoms with Gasteiger partial charge >= 0.3 is 0 Å². The van der Waals surface area contributed by atoms with Gasteiger partial charge in [0.25, 0.3) is 0 Å². The molecule has 0 fully saturated rings. The highest BCUT2D eigenvalue weighted by Gasteiger charge is 2.36. The molecule has 2 aromatic rings. The van der Waals surface area contributed by atoms with E-state index in [0.717, 1.165) is 17.3 Å². The molecular formula is C17H18N4OS2. The maximum absolute atomic E-state index is 5.65. The molecule has 0 aliphatic carbocycles. The molecule has 1 aliphatic heterocycles. The van der Waals surface area contributed by atoms with Crippen LogP contribution in [0, 0.1) is 0 Å². The molecule has 24 heavy (non-hydrogen) atoms. The number of aromatic nitrogens is 2. The topological polar surface area (TPSA) is 62.3 Å². The maximum atomic E-state index is 5.65. The first-order valence-electron chi connectivity index (χ1n) is 7.49. The monoisotopic (exact) mass is 358 g/mol. The second-order valence-corrected chi connectivity index (χ2v) is 6.47. The second-order valence-electron chi connectivity index (χ2n) is 5.44. The molecule has 0 bridgehead atoms. The van der Waals surface area contributed by atoms with Gasteiger partial charge in [0.2, 0.25) is 0 Å². The first-order valence-corrected chi connectivity index (χ1v) is 8.41. The molecule has 5 nitrogen and oxygen atoms in total. The zero-order chi connectivity index (χ0) is 17.0. The van der Waals surface area contributed by atoms with E-state index in [1.165, 1.54) is 0 Å². The van der Waals surface area contributed by atoms with Crippen LogP contribution in [0.5, 0.6) is 5.75 Å². The fourth-order valence-corrected chi connectivity index (χ4v) is 3.28. The Morgan fingerprint density at radius 1 is 1.42 bits per heavy atom. The number of aliphatic imine (C=N–C) groups is 1. The van der Waals surface area contributed by atoms with Crippen LogP contribution in [-0.2, 0) is 0 Å². The highest BCUT2D eigenvalue weighted by molar-refractivity contribution is 7.81. The minimum Gasteiger partial charge on any atom is -0.497 e. The van der Waals surface area contributed by atoms with Crippen molar-refractivity contribution in [3.8, 4) is 5.75 Å². The summed E-state index contributed by atoms with van der Waals surface area (Å²) in [6.45, 7) is 0. The number of thiol groups is 1. The van der Waals surface area contributed by atoms with Crippen LogP contribution in [0.25, 0.3) is 0 Å². The number of hydrogen-bond acceptors (Lipinski definition) is 5. The lowest BCUT2D eigenvalue weighted by Crippen LogP contribution is -2.38. The van der Waals surface area contributed by atoms with E-state index in [2.05, 4.69) is 32.9 Å². The van der Waals surface area contributed by atoms with E-state index in [9.17, 15) is 0 Å². The van der Waals surface area contributed by atoms with Crippen LogP contribution >= 0.6 is 24.8 Å². The molecule has 1 aromatic carbocycles. The lowest BCUT2D eigenvalue weighted by molar-refractivity contribution is 0.415. The molecule has 0 radical (unpaired) electrons. The summed E-state index contributed by atoms with van der Waals surface area (Å²) in [5.41, 5.74) is 0.276. The minimum absolute atomic E-state index is 0.101. The summed E-state index contributed by atoms with van der Waals surface area (Å²) in [5.74, 6) is 1.61. The van der Waals surface area contributed by atoms with Crippen molar-refractivity contribution in [2.75, 3.05) is 12.4 Å². The van der Waals surface area contributed by atoms with Gasteiger partial charge in [0.05, 0.1) is 12.4 Å². The highest BCUT2D eigenvalue weighted by atomic mass is 32.1. The Labute approximate surface area is 151 Å². The third-order valence-corrected chi connectivity index (χ3v) is 4.73. The largest absolute Gasteiger partial charge is 0.497 e. The molecule has 7 heteroatoms. The molecule has 2 unspecified atom stereocenters. The van der Waals surface area contributed by atoms with E-state index in [0.29, 0.717) is 11.4 Å². The van der Waals surface area contributed by atoms with E-state index < -0.39 is 5.54 Å². The first-order chi connectivity index (χ1) is 11.6. The SMILES string of the molecule is COc1ccc(NC(=S)C2(CC(S)c3ncc[nH]3)C=CC=N2)cc1. The number of rotatable bonds is 6. The summed E-state index contributed by atoms with van der Waals surface area (Å²) in [6, 6.07) is 7.61. The molecule has 1 aromatic heterocycles. The third-order valence-electron chi connectivity index (χ3n) is 3.84. The Bertz CT molecular complexity index is 741. The zero-order valence-corrected chi connectivity index (χ0v) is 14.8. The van der Waals surface area contributed by atoms with Gasteiger partial charge in [-0.15, -0.1) is 0 Å². The second kappa shape index (κ2) is 7.19. The van der Waals surface area contributed by atoms with Crippen LogP contribution in [0.2, 0.25) is 0 Å². The predicted molar refractivity (Wildman–Crippen MR) is 105 cm³/mol. The fourth-order valence-electron chi connectivity index (χ4n) is 2.53.